The molecule has 7 nitrogen and oxygen atoms in total. The van der Waals surface area contributed by atoms with Gasteiger partial charge >= 0.3 is 0 Å². The number of piperazine rings is 1. The molecule has 1 heterocycles. The van der Waals surface area contributed by atoms with Gasteiger partial charge in [0.25, 0.3) is 5.91 Å². The summed E-state index contributed by atoms with van der Waals surface area (Å²) in [5.74, 6) is 0.399. The Balaban J connectivity index is 1.82. The number of amides is 3. The summed E-state index contributed by atoms with van der Waals surface area (Å²) >= 11 is 0. The van der Waals surface area contributed by atoms with E-state index in [1.807, 2.05) is 0 Å². The number of ether oxygens (including phenoxy) is 1. The molecule has 7 heteroatoms. The van der Waals surface area contributed by atoms with E-state index in [0.717, 1.165) is 6.41 Å². The predicted molar refractivity (Wildman–Crippen MR) is 75.8 cm³/mol. The summed E-state index contributed by atoms with van der Waals surface area (Å²) in [4.78, 5) is 36.3. The fourth-order valence-electron chi connectivity index (χ4n) is 2.06. The van der Waals surface area contributed by atoms with Crippen LogP contribution >= 0.6 is 0 Å². The third-order valence-electron chi connectivity index (χ3n) is 3.24. The summed E-state index contributed by atoms with van der Waals surface area (Å²) in [5, 5.41) is 2.52. The van der Waals surface area contributed by atoms with Gasteiger partial charge < -0.3 is 19.9 Å². The van der Waals surface area contributed by atoms with Gasteiger partial charge in [-0.15, -0.1) is 0 Å². The number of nitrogens with zero attached hydrogens (tertiary/aromatic N) is 2. The standard InChI is InChI=1S/C14H17N3O4/c18-10-15-12-2-1-3-13(8-12)21-9-14(20)17-6-4-16(11-19)5-7-17/h1-3,8,10-11H,4-7,9H2,(H,15,18). The van der Waals surface area contributed by atoms with Gasteiger partial charge in [-0.1, -0.05) is 6.07 Å². The van der Waals surface area contributed by atoms with Crippen LogP contribution in [0.2, 0.25) is 0 Å². The third kappa shape index (κ3) is 4.20. The first-order chi connectivity index (χ1) is 10.2. The molecule has 0 spiro atoms. The van der Waals surface area contributed by atoms with Crippen molar-refractivity contribution in [3.63, 3.8) is 0 Å². The quantitative estimate of drug-likeness (QED) is 0.744. The lowest BCUT2D eigenvalue weighted by Crippen LogP contribution is -2.49. The number of carbonyl (C=O) groups is 3. The summed E-state index contributed by atoms with van der Waals surface area (Å²) in [5.41, 5.74) is 0.606. The number of nitrogens with one attached hydrogen (secondary N) is 1. The van der Waals surface area contributed by atoms with Gasteiger partial charge in [-0.2, -0.15) is 0 Å². The van der Waals surface area contributed by atoms with Gasteiger partial charge in [0.1, 0.15) is 5.75 Å². The highest BCUT2D eigenvalue weighted by molar-refractivity contribution is 5.78. The van der Waals surface area contributed by atoms with Crippen LogP contribution in [-0.4, -0.2) is 61.3 Å². The Morgan fingerprint density at radius 3 is 2.67 bits per heavy atom. The van der Waals surface area contributed by atoms with E-state index in [9.17, 15) is 14.4 Å². The molecule has 1 N–H and O–H groups in total. The molecule has 1 saturated heterocycles. The van der Waals surface area contributed by atoms with E-state index in [-0.39, 0.29) is 12.5 Å². The molecule has 1 aromatic rings. The third-order valence-corrected chi connectivity index (χ3v) is 3.24. The van der Waals surface area contributed by atoms with E-state index in [1.165, 1.54) is 0 Å². The highest BCUT2D eigenvalue weighted by atomic mass is 16.5. The zero-order valence-corrected chi connectivity index (χ0v) is 11.5. The van der Waals surface area contributed by atoms with Crippen molar-refractivity contribution >= 4 is 24.4 Å². The first kappa shape index (κ1) is 14.8. The number of benzene rings is 1. The maximum atomic E-state index is 12.0. The van der Waals surface area contributed by atoms with Crippen molar-refractivity contribution in [1.29, 1.82) is 0 Å². The molecule has 112 valence electrons. The zero-order valence-electron chi connectivity index (χ0n) is 11.5. The van der Waals surface area contributed by atoms with Crippen LogP contribution < -0.4 is 10.1 Å². The van der Waals surface area contributed by atoms with Crippen molar-refractivity contribution in [2.45, 2.75) is 0 Å². The van der Waals surface area contributed by atoms with E-state index >= 15 is 0 Å². The number of carbonyl (C=O) groups excluding carboxylic acids is 3. The van der Waals surface area contributed by atoms with E-state index in [1.54, 1.807) is 34.1 Å². The fourth-order valence-corrected chi connectivity index (χ4v) is 2.06. The van der Waals surface area contributed by atoms with Crippen molar-refractivity contribution in [2.24, 2.45) is 0 Å². The highest BCUT2D eigenvalue weighted by Crippen LogP contribution is 2.16. The maximum Gasteiger partial charge on any atom is 0.260 e. The lowest BCUT2D eigenvalue weighted by Gasteiger charge is -2.32. The molecule has 0 saturated carbocycles. The van der Waals surface area contributed by atoms with Gasteiger partial charge in [-0.25, -0.2) is 0 Å². The average Bonchev–Trinajstić information content (AvgIpc) is 2.53. The van der Waals surface area contributed by atoms with E-state index < -0.39 is 0 Å². The lowest BCUT2D eigenvalue weighted by atomic mass is 10.3. The molecule has 1 aliphatic heterocycles. The molecule has 0 unspecified atom stereocenters. The van der Waals surface area contributed by atoms with E-state index in [4.69, 9.17) is 4.74 Å². The minimum absolute atomic E-state index is 0.0639. The fraction of sp³-hybridized carbons (Fsp3) is 0.357. The smallest absolute Gasteiger partial charge is 0.260 e. The maximum absolute atomic E-state index is 12.0. The minimum Gasteiger partial charge on any atom is -0.484 e. The first-order valence-electron chi connectivity index (χ1n) is 6.63. The number of hydrogen-bond acceptors (Lipinski definition) is 4. The highest BCUT2D eigenvalue weighted by Gasteiger charge is 2.20. The molecule has 21 heavy (non-hydrogen) atoms. The summed E-state index contributed by atoms with van der Waals surface area (Å²) in [6.07, 6.45) is 1.38. The van der Waals surface area contributed by atoms with Crippen LogP contribution in [0.1, 0.15) is 0 Å². The van der Waals surface area contributed by atoms with Gasteiger partial charge in [-0.3, -0.25) is 14.4 Å². The van der Waals surface area contributed by atoms with Crippen LogP contribution in [0.15, 0.2) is 24.3 Å². The molecule has 3 amide bonds. The zero-order chi connectivity index (χ0) is 15.1. The molecule has 0 atom stereocenters. The van der Waals surface area contributed by atoms with Gasteiger partial charge in [0, 0.05) is 37.9 Å². The summed E-state index contributed by atoms with van der Waals surface area (Å²) in [6, 6.07) is 6.82. The van der Waals surface area contributed by atoms with Crippen molar-refractivity contribution < 1.29 is 19.1 Å². The van der Waals surface area contributed by atoms with Crippen LogP contribution in [0.3, 0.4) is 0 Å². The summed E-state index contributed by atoms with van der Waals surface area (Å²) in [7, 11) is 0. The Morgan fingerprint density at radius 1 is 1.24 bits per heavy atom. The Kier molecular flexibility index (Phi) is 5.14. The molecule has 1 aromatic carbocycles. The van der Waals surface area contributed by atoms with Crippen molar-refractivity contribution in [1.82, 2.24) is 9.80 Å². The van der Waals surface area contributed by atoms with E-state index in [0.29, 0.717) is 44.0 Å². The van der Waals surface area contributed by atoms with Gasteiger partial charge in [-0.05, 0) is 12.1 Å². The van der Waals surface area contributed by atoms with Crippen LogP contribution in [0, 0.1) is 0 Å². The van der Waals surface area contributed by atoms with Crippen LogP contribution in [0.25, 0.3) is 0 Å². The first-order valence-corrected chi connectivity index (χ1v) is 6.63. The van der Waals surface area contributed by atoms with Crippen molar-refractivity contribution in [2.75, 3.05) is 38.1 Å². The molecule has 1 fully saturated rings. The topological polar surface area (TPSA) is 79.0 Å². The largest absolute Gasteiger partial charge is 0.484 e. The SMILES string of the molecule is O=CNc1cccc(OCC(=O)N2CCN(C=O)CC2)c1. The van der Waals surface area contributed by atoms with Crippen LogP contribution in [-0.2, 0) is 14.4 Å². The average molecular weight is 291 g/mol. The second-order valence-electron chi connectivity index (χ2n) is 4.60. The Bertz CT molecular complexity index is 513. The Hall–Kier alpha value is -2.57. The number of rotatable bonds is 6. The second-order valence-corrected chi connectivity index (χ2v) is 4.60. The summed E-state index contributed by atoms with van der Waals surface area (Å²) < 4.78 is 5.43. The van der Waals surface area contributed by atoms with Crippen LogP contribution in [0.5, 0.6) is 5.75 Å². The molecular formula is C14H17N3O4. The van der Waals surface area contributed by atoms with Crippen molar-refractivity contribution in [3.05, 3.63) is 24.3 Å². The number of anilines is 1. The molecule has 0 radical (unpaired) electrons. The van der Waals surface area contributed by atoms with E-state index in [2.05, 4.69) is 5.32 Å². The van der Waals surface area contributed by atoms with Gasteiger partial charge in [0.05, 0.1) is 0 Å². The molecular weight excluding hydrogens is 274 g/mol. The second kappa shape index (κ2) is 7.28. The summed E-state index contributed by atoms with van der Waals surface area (Å²) in [6.45, 7) is 2.08. The molecule has 0 bridgehead atoms. The molecule has 1 aliphatic rings. The van der Waals surface area contributed by atoms with Gasteiger partial charge in [0.2, 0.25) is 12.8 Å². The normalized spacial score (nSPS) is 14.5. The van der Waals surface area contributed by atoms with Crippen molar-refractivity contribution in [3.8, 4) is 5.75 Å². The molecule has 0 aromatic heterocycles. The number of hydrogen-bond donors (Lipinski definition) is 1. The van der Waals surface area contributed by atoms with Gasteiger partial charge in [0.15, 0.2) is 6.61 Å². The molecule has 2 rings (SSSR count). The molecule has 0 aliphatic carbocycles. The Morgan fingerprint density at radius 2 is 2.00 bits per heavy atom. The minimum atomic E-state index is -0.116. The lowest BCUT2D eigenvalue weighted by molar-refractivity contribution is -0.137. The predicted octanol–water partition coefficient (Wildman–Crippen LogP) is -0.0657. The monoisotopic (exact) mass is 291 g/mol. The Labute approximate surface area is 122 Å². The van der Waals surface area contributed by atoms with Crippen LogP contribution in [0.4, 0.5) is 5.69 Å².